The number of nitrogens with zero attached hydrogens (tertiary/aromatic N) is 2. The standard InChI is InChI=1S/C23H34N2O3/c1-22(2)20-14-16-13-18(27-4)19(28-5)15-17(16)23(22,3)9-12-25(20)21(26)24-10-7-6-8-11-24/h13,15,20H,6-12,14H2,1-5H3. The van der Waals surface area contributed by atoms with Crippen LogP contribution in [-0.4, -0.2) is 55.7 Å². The lowest BCUT2D eigenvalue weighted by Gasteiger charge is -2.61. The second kappa shape index (κ2) is 6.85. The molecule has 0 aromatic heterocycles. The highest BCUT2D eigenvalue weighted by molar-refractivity contribution is 5.76. The van der Waals surface area contributed by atoms with Gasteiger partial charge in [-0.05, 0) is 60.8 Å². The van der Waals surface area contributed by atoms with Gasteiger partial charge in [0, 0.05) is 31.1 Å². The second-order valence-corrected chi connectivity index (χ2v) is 9.41. The molecule has 2 unspecified atom stereocenters. The predicted molar refractivity (Wildman–Crippen MR) is 110 cm³/mol. The fourth-order valence-electron chi connectivity index (χ4n) is 5.73. The van der Waals surface area contributed by atoms with Crippen molar-refractivity contribution in [1.29, 1.82) is 0 Å². The summed E-state index contributed by atoms with van der Waals surface area (Å²) >= 11 is 0. The highest BCUT2D eigenvalue weighted by atomic mass is 16.5. The predicted octanol–water partition coefficient (Wildman–Crippen LogP) is 4.22. The number of carbonyl (C=O) groups is 1. The summed E-state index contributed by atoms with van der Waals surface area (Å²) in [6.45, 7) is 9.68. The van der Waals surface area contributed by atoms with Crippen LogP contribution in [0.25, 0.3) is 0 Å². The molecule has 154 valence electrons. The van der Waals surface area contributed by atoms with Crippen LogP contribution in [0.5, 0.6) is 11.5 Å². The third kappa shape index (κ3) is 2.69. The molecule has 1 aromatic carbocycles. The fourth-order valence-corrected chi connectivity index (χ4v) is 5.73. The summed E-state index contributed by atoms with van der Waals surface area (Å²) in [7, 11) is 3.38. The van der Waals surface area contributed by atoms with Crippen LogP contribution in [-0.2, 0) is 11.8 Å². The first-order valence-electron chi connectivity index (χ1n) is 10.6. The number of urea groups is 1. The van der Waals surface area contributed by atoms with Crippen LogP contribution in [0, 0.1) is 5.41 Å². The molecule has 5 heteroatoms. The smallest absolute Gasteiger partial charge is 0.320 e. The molecule has 2 aliphatic heterocycles. The average Bonchev–Trinajstić information content (AvgIpc) is 2.70. The van der Waals surface area contributed by atoms with Gasteiger partial charge < -0.3 is 19.3 Å². The van der Waals surface area contributed by atoms with Crippen molar-refractivity contribution in [2.75, 3.05) is 33.9 Å². The molecule has 2 bridgehead atoms. The van der Waals surface area contributed by atoms with Gasteiger partial charge in [-0.2, -0.15) is 0 Å². The van der Waals surface area contributed by atoms with E-state index in [-0.39, 0.29) is 22.9 Å². The number of rotatable bonds is 2. The summed E-state index contributed by atoms with van der Waals surface area (Å²) in [6.07, 6.45) is 5.35. The zero-order valence-corrected chi connectivity index (χ0v) is 18.0. The number of carbonyl (C=O) groups excluding carboxylic acids is 1. The number of amides is 2. The Labute approximate surface area is 169 Å². The van der Waals surface area contributed by atoms with Gasteiger partial charge in [-0.1, -0.05) is 20.8 Å². The van der Waals surface area contributed by atoms with Crippen molar-refractivity contribution in [3.63, 3.8) is 0 Å². The lowest BCUT2D eigenvalue weighted by atomic mass is 9.51. The third-order valence-corrected chi connectivity index (χ3v) is 7.97. The van der Waals surface area contributed by atoms with Gasteiger partial charge in [0.2, 0.25) is 0 Å². The number of piperidine rings is 2. The van der Waals surface area contributed by atoms with Gasteiger partial charge in [0.25, 0.3) is 0 Å². The molecular formula is C23H34N2O3. The number of hydrogen-bond donors (Lipinski definition) is 0. The molecule has 0 spiro atoms. The molecule has 2 fully saturated rings. The molecule has 0 radical (unpaired) electrons. The Morgan fingerprint density at radius 1 is 1.00 bits per heavy atom. The average molecular weight is 387 g/mol. The lowest BCUT2D eigenvalue weighted by molar-refractivity contribution is -0.0243. The summed E-state index contributed by atoms with van der Waals surface area (Å²) in [4.78, 5) is 17.6. The number of likely N-dealkylation sites (tertiary alicyclic amines) is 2. The van der Waals surface area contributed by atoms with Gasteiger partial charge >= 0.3 is 6.03 Å². The molecule has 2 atom stereocenters. The molecule has 1 aliphatic carbocycles. The Hall–Kier alpha value is -1.91. The minimum Gasteiger partial charge on any atom is -0.493 e. The molecule has 4 rings (SSSR count). The van der Waals surface area contributed by atoms with Gasteiger partial charge in [-0.3, -0.25) is 0 Å². The Balaban J connectivity index is 1.73. The number of ether oxygens (including phenoxy) is 2. The van der Waals surface area contributed by atoms with E-state index in [1.807, 2.05) is 0 Å². The number of benzene rings is 1. The van der Waals surface area contributed by atoms with Crippen LogP contribution < -0.4 is 9.47 Å². The first-order chi connectivity index (χ1) is 13.3. The number of hydrogen-bond acceptors (Lipinski definition) is 3. The van der Waals surface area contributed by atoms with Gasteiger partial charge in [0.15, 0.2) is 11.5 Å². The molecular weight excluding hydrogens is 352 g/mol. The van der Waals surface area contributed by atoms with Crippen molar-refractivity contribution in [3.05, 3.63) is 23.3 Å². The molecule has 2 saturated heterocycles. The normalized spacial score (nSPS) is 28.5. The van der Waals surface area contributed by atoms with E-state index in [2.05, 4.69) is 42.7 Å². The Morgan fingerprint density at radius 3 is 2.29 bits per heavy atom. The van der Waals surface area contributed by atoms with Crippen molar-refractivity contribution in [2.45, 2.75) is 64.3 Å². The maximum Gasteiger partial charge on any atom is 0.320 e. The van der Waals surface area contributed by atoms with E-state index in [4.69, 9.17) is 9.47 Å². The zero-order chi connectivity index (χ0) is 20.1. The molecule has 3 aliphatic rings. The van der Waals surface area contributed by atoms with Crippen molar-refractivity contribution in [2.24, 2.45) is 5.41 Å². The highest BCUT2D eigenvalue weighted by Gasteiger charge is 2.57. The molecule has 1 aromatic rings. The lowest BCUT2D eigenvalue weighted by Crippen LogP contribution is -2.66. The van der Waals surface area contributed by atoms with Crippen LogP contribution in [0.15, 0.2) is 12.1 Å². The fraction of sp³-hybridized carbons (Fsp3) is 0.696. The molecule has 2 heterocycles. The largest absolute Gasteiger partial charge is 0.493 e. The van der Waals surface area contributed by atoms with Crippen LogP contribution in [0.3, 0.4) is 0 Å². The van der Waals surface area contributed by atoms with Crippen LogP contribution in [0.4, 0.5) is 4.79 Å². The maximum atomic E-state index is 13.4. The summed E-state index contributed by atoms with van der Waals surface area (Å²) < 4.78 is 11.2. The minimum absolute atomic E-state index is 0.00345. The van der Waals surface area contributed by atoms with Crippen LogP contribution >= 0.6 is 0 Å². The van der Waals surface area contributed by atoms with E-state index in [0.29, 0.717) is 0 Å². The van der Waals surface area contributed by atoms with Crippen molar-refractivity contribution in [1.82, 2.24) is 9.80 Å². The molecule has 28 heavy (non-hydrogen) atoms. The van der Waals surface area contributed by atoms with E-state index in [9.17, 15) is 4.79 Å². The van der Waals surface area contributed by atoms with Gasteiger partial charge in [0.1, 0.15) is 0 Å². The van der Waals surface area contributed by atoms with Gasteiger partial charge in [0.05, 0.1) is 14.2 Å². The summed E-state index contributed by atoms with van der Waals surface area (Å²) in [5.74, 6) is 1.57. The van der Waals surface area contributed by atoms with E-state index < -0.39 is 0 Å². The molecule has 0 saturated carbocycles. The monoisotopic (exact) mass is 386 g/mol. The molecule has 5 nitrogen and oxygen atoms in total. The van der Waals surface area contributed by atoms with Gasteiger partial charge in [-0.25, -0.2) is 4.79 Å². The molecule has 2 amide bonds. The quantitative estimate of drug-likeness (QED) is 0.764. The molecule has 0 N–H and O–H groups in total. The minimum atomic E-state index is -0.0106. The van der Waals surface area contributed by atoms with Crippen LogP contribution in [0.1, 0.15) is 57.6 Å². The van der Waals surface area contributed by atoms with E-state index in [1.165, 1.54) is 17.5 Å². The Kier molecular flexibility index (Phi) is 4.75. The van der Waals surface area contributed by atoms with Crippen molar-refractivity contribution in [3.8, 4) is 11.5 Å². The Morgan fingerprint density at radius 2 is 1.64 bits per heavy atom. The van der Waals surface area contributed by atoms with Crippen molar-refractivity contribution >= 4 is 6.03 Å². The summed E-state index contributed by atoms with van der Waals surface area (Å²) in [6, 6.07) is 4.74. The topological polar surface area (TPSA) is 42.0 Å². The van der Waals surface area contributed by atoms with E-state index >= 15 is 0 Å². The van der Waals surface area contributed by atoms with Crippen molar-refractivity contribution < 1.29 is 14.3 Å². The third-order valence-electron chi connectivity index (χ3n) is 7.97. The van der Waals surface area contributed by atoms with Gasteiger partial charge in [-0.15, -0.1) is 0 Å². The highest BCUT2D eigenvalue weighted by Crippen LogP contribution is 2.57. The first-order valence-corrected chi connectivity index (χ1v) is 10.6. The van der Waals surface area contributed by atoms with E-state index in [0.717, 1.165) is 56.8 Å². The zero-order valence-electron chi connectivity index (χ0n) is 18.0. The maximum absolute atomic E-state index is 13.4. The number of fused-ring (bicyclic) bond motifs is 4. The number of methoxy groups -OCH3 is 2. The van der Waals surface area contributed by atoms with E-state index in [1.54, 1.807) is 14.2 Å². The second-order valence-electron chi connectivity index (χ2n) is 9.41. The Bertz CT molecular complexity index is 769. The first kappa shape index (κ1) is 19.4. The summed E-state index contributed by atoms with van der Waals surface area (Å²) in [5.41, 5.74) is 2.64. The van der Waals surface area contributed by atoms with Crippen LogP contribution in [0.2, 0.25) is 0 Å². The SMILES string of the molecule is COc1cc2c(cc1OC)C1(C)CCN(C(=O)N3CCCCC3)C(C2)C1(C)C. The summed E-state index contributed by atoms with van der Waals surface area (Å²) in [5, 5.41) is 0.